The summed E-state index contributed by atoms with van der Waals surface area (Å²) in [4.78, 5) is 33.0. The molecule has 0 amide bonds. The number of hydrogen-bond donors (Lipinski definition) is 1. The van der Waals surface area contributed by atoms with Crippen LogP contribution in [0.25, 0.3) is 0 Å². The Morgan fingerprint density at radius 1 is 1.31 bits per heavy atom. The number of hydrogen-bond acceptors (Lipinski definition) is 3. The number of fused-ring (bicyclic) bond motifs is 2. The second-order valence-corrected chi connectivity index (χ2v) is 3.82. The zero-order valence-electron chi connectivity index (χ0n) is 7.03. The first-order valence-corrected chi connectivity index (χ1v) is 4.42. The lowest BCUT2D eigenvalue weighted by Gasteiger charge is -2.16. The molecule has 0 spiro atoms. The Morgan fingerprint density at radius 3 is 2.46 bits per heavy atom. The summed E-state index contributed by atoms with van der Waals surface area (Å²) in [6, 6.07) is 0. The van der Waals surface area contributed by atoms with Gasteiger partial charge in [0.25, 0.3) is 5.78 Å². The minimum Gasteiger partial charge on any atom is -0.475 e. The van der Waals surface area contributed by atoms with E-state index in [4.69, 9.17) is 5.11 Å². The van der Waals surface area contributed by atoms with Gasteiger partial charge in [-0.15, -0.1) is 0 Å². The Balaban J connectivity index is 2.21. The quantitative estimate of drug-likeness (QED) is 0.491. The Hall–Kier alpha value is -1.19. The van der Waals surface area contributed by atoms with E-state index in [1.807, 2.05) is 0 Å². The van der Waals surface area contributed by atoms with Gasteiger partial charge in [0.15, 0.2) is 0 Å². The first-order valence-electron chi connectivity index (χ1n) is 4.42. The van der Waals surface area contributed by atoms with E-state index in [2.05, 4.69) is 0 Å². The van der Waals surface area contributed by atoms with E-state index in [0.717, 1.165) is 19.3 Å². The second-order valence-electron chi connectivity index (χ2n) is 3.82. The van der Waals surface area contributed by atoms with Gasteiger partial charge in [0.2, 0.25) is 0 Å². The molecule has 0 aromatic carbocycles. The van der Waals surface area contributed by atoms with E-state index in [0.29, 0.717) is 0 Å². The summed E-state index contributed by atoms with van der Waals surface area (Å²) in [7, 11) is 0. The van der Waals surface area contributed by atoms with Gasteiger partial charge in [0.05, 0.1) is 5.92 Å². The van der Waals surface area contributed by atoms with Crippen molar-refractivity contribution in [3.05, 3.63) is 0 Å². The minimum atomic E-state index is -1.47. The van der Waals surface area contributed by atoms with Crippen molar-refractivity contribution >= 4 is 17.5 Å². The maximum absolute atomic E-state index is 11.4. The molecule has 3 unspecified atom stereocenters. The van der Waals surface area contributed by atoms with Crippen molar-refractivity contribution in [3.63, 3.8) is 0 Å². The average molecular weight is 182 g/mol. The lowest BCUT2D eigenvalue weighted by molar-refractivity contribution is -0.153. The zero-order valence-corrected chi connectivity index (χ0v) is 7.03. The van der Waals surface area contributed by atoms with E-state index in [1.165, 1.54) is 0 Å². The van der Waals surface area contributed by atoms with E-state index in [-0.39, 0.29) is 17.6 Å². The molecule has 0 aromatic rings. The summed E-state index contributed by atoms with van der Waals surface area (Å²) >= 11 is 0. The smallest absolute Gasteiger partial charge is 0.372 e. The molecule has 2 aliphatic carbocycles. The predicted octanol–water partition coefficient (Wildman–Crippen LogP) is 0.255. The van der Waals surface area contributed by atoms with E-state index in [1.54, 1.807) is 0 Å². The molecule has 2 fully saturated rings. The van der Waals surface area contributed by atoms with Crippen LogP contribution in [0, 0.1) is 17.8 Å². The van der Waals surface area contributed by atoms with Gasteiger partial charge in [0, 0.05) is 5.92 Å². The lowest BCUT2D eigenvalue weighted by atomic mass is 9.84. The number of carbonyl (C=O) groups is 3. The van der Waals surface area contributed by atoms with E-state index >= 15 is 0 Å². The van der Waals surface area contributed by atoms with Crippen molar-refractivity contribution in [2.45, 2.75) is 19.3 Å². The lowest BCUT2D eigenvalue weighted by Crippen LogP contribution is -2.34. The Bertz CT molecular complexity index is 294. The molecular weight excluding hydrogens is 172 g/mol. The summed E-state index contributed by atoms with van der Waals surface area (Å²) in [5, 5.41) is 8.49. The number of carbonyl (C=O) groups excluding carboxylic acids is 2. The maximum Gasteiger partial charge on any atom is 0.372 e. The van der Waals surface area contributed by atoms with Crippen LogP contribution in [0.5, 0.6) is 0 Å². The molecule has 13 heavy (non-hydrogen) atoms. The summed E-state index contributed by atoms with van der Waals surface area (Å²) < 4.78 is 0. The van der Waals surface area contributed by atoms with Gasteiger partial charge in [-0.25, -0.2) is 4.79 Å². The molecule has 0 aliphatic heterocycles. The molecule has 2 aliphatic rings. The predicted molar refractivity (Wildman–Crippen MR) is 42.0 cm³/mol. The zero-order chi connectivity index (χ0) is 9.59. The van der Waals surface area contributed by atoms with Gasteiger partial charge in [-0.05, 0) is 25.2 Å². The molecule has 0 radical (unpaired) electrons. The molecule has 2 saturated carbocycles. The minimum absolute atomic E-state index is 0.0149. The van der Waals surface area contributed by atoms with Crippen LogP contribution >= 0.6 is 0 Å². The van der Waals surface area contributed by atoms with Crippen LogP contribution in [0.4, 0.5) is 0 Å². The third kappa shape index (κ3) is 1.08. The van der Waals surface area contributed by atoms with Gasteiger partial charge in [0.1, 0.15) is 5.78 Å². The molecular formula is C9H10O4. The normalized spacial score (nSPS) is 36.6. The molecule has 2 bridgehead atoms. The largest absolute Gasteiger partial charge is 0.475 e. The molecule has 3 atom stereocenters. The maximum atomic E-state index is 11.4. The number of aliphatic carboxylic acids is 1. The van der Waals surface area contributed by atoms with Crippen molar-refractivity contribution in [1.29, 1.82) is 0 Å². The number of ketones is 2. The molecule has 4 heteroatoms. The highest BCUT2D eigenvalue weighted by Gasteiger charge is 2.51. The van der Waals surface area contributed by atoms with Crippen molar-refractivity contribution in [2.75, 3.05) is 0 Å². The molecule has 0 heterocycles. The van der Waals surface area contributed by atoms with Crippen molar-refractivity contribution in [1.82, 2.24) is 0 Å². The van der Waals surface area contributed by atoms with E-state index < -0.39 is 17.7 Å². The van der Waals surface area contributed by atoms with Crippen LogP contribution < -0.4 is 0 Å². The summed E-state index contributed by atoms with van der Waals surface area (Å²) in [5.74, 6) is -3.34. The monoisotopic (exact) mass is 182 g/mol. The van der Waals surface area contributed by atoms with Gasteiger partial charge in [-0.3, -0.25) is 9.59 Å². The molecule has 4 nitrogen and oxygen atoms in total. The summed E-state index contributed by atoms with van der Waals surface area (Å²) in [6.45, 7) is 0. The van der Waals surface area contributed by atoms with Gasteiger partial charge >= 0.3 is 5.97 Å². The first-order chi connectivity index (χ1) is 6.11. The van der Waals surface area contributed by atoms with Crippen molar-refractivity contribution < 1.29 is 19.5 Å². The number of carboxylic acid groups (broad SMARTS) is 1. The third-order valence-electron chi connectivity index (χ3n) is 3.15. The van der Waals surface area contributed by atoms with Crippen LogP contribution in [0.15, 0.2) is 0 Å². The Morgan fingerprint density at radius 2 is 2.00 bits per heavy atom. The van der Waals surface area contributed by atoms with Crippen LogP contribution in [0.2, 0.25) is 0 Å². The van der Waals surface area contributed by atoms with Crippen LogP contribution in [0.3, 0.4) is 0 Å². The molecule has 0 saturated heterocycles. The van der Waals surface area contributed by atoms with Gasteiger partial charge in [-0.2, -0.15) is 0 Å². The number of carboxylic acids is 1. The average Bonchev–Trinajstić information content (AvgIpc) is 2.62. The highest BCUT2D eigenvalue weighted by atomic mass is 16.4. The van der Waals surface area contributed by atoms with Gasteiger partial charge in [-0.1, -0.05) is 0 Å². The topological polar surface area (TPSA) is 71.4 Å². The fourth-order valence-corrected chi connectivity index (χ4v) is 2.54. The third-order valence-corrected chi connectivity index (χ3v) is 3.15. The number of rotatable bonds is 2. The molecule has 2 rings (SSSR count). The standard InChI is InChI=1S/C9H10O4/c10-7-5-2-1-4(3-5)6(7)8(11)9(12)13/h4-6H,1-3H2,(H,12,13). The van der Waals surface area contributed by atoms with E-state index in [9.17, 15) is 14.4 Å². The molecule has 70 valence electrons. The fourth-order valence-electron chi connectivity index (χ4n) is 2.54. The van der Waals surface area contributed by atoms with Gasteiger partial charge < -0.3 is 5.11 Å². The first kappa shape index (κ1) is 8.41. The van der Waals surface area contributed by atoms with Crippen LogP contribution in [-0.2, 0) is 14.4 Å². The van der Waals surface area contributed by atoms with Crippen molar-refractivity contribution in [2.24, 2.45) is 17.8 Å². The summed E-state index contributed by atoms with van der Waals surface area (Å²) in [5.41, 5.74) is 0. The second kappa shape index (κ2) is 2.65. The fraction of sp³-hybridized carbons (Fsp3) is 0.667. The highest BCUT2D eigenvalue weighted by Crippen LogP contribution is 2.46. The Labute approximate surface area is 74.9 Å². The molecule has 1 N–H and O–H groups in total. The number of Topliss-reactive ketones (excluding diaryl/α,β-unsaturated/α-hetero) is 2. The summed E-state index contributed by atoms with van der Waals surface area (Å²) in [6.07, 6.45) is 2.40. The van der Waals surface area contributed by atoms with Crippen molar-refractivity contribution in [3.8, 4) is 0 Å². The van der Waals surface area contributed by atoms with Crippen LogP contribution in [-0.4, -0.2) is 22.6 Å². The molecule has 0 aromatic heterocycles. The SMILES string of the molecule is O=C(O)C(=O)C1C(=O)C2CCC1C2. The Kier molecular flexibility index (Phi) is 1.71. The van der Waals surface area contributed by atoms with Crippen LogP contribution in [0.1, 0.15) is 19.3 Å². The highest BCUT2D eigenvalue weighted by molar-refractivity contribution is 6.38.